The van der Waals surface area contributed by atoms with E-state index in [0.29, 0.717) is 25.1 Å². The van der Waals surface area contributed by atoms with Crippen LogP contribution in [0.15, 0.2) is 42.6 Å². The number of nitrogens with zero attached hydrogens (tertiary/aromatic N) is 3. The van der Waals surface area contributed by atoms with Crippen LogP contribution in [-0.4, -0.2) is 84.3 Å². The molecule has 186 valence electrons. The zero-order valence-corrected chi connectivity index (χ0v) is 20.7. The van der Waals surface area contributed by atoms with Crippen molar-refractivity contribution in [1.29, 1.82) is 0 Å². The van der Waals surface area contributed by atoms with Gasteiger partial charge in [-0.25, -0.2) is 4.98 Å². The lowest BCUT2D eigenvalue weighted by molar-refractivity contribution is -0.130. The van der Waals surface area contributed by atoms with E-state index in [1.54, 1.807) is 43.1 Å². The number of likely N-dealkylation sites (N-methyl/N-ethyl adjacent to an activating group) is 1. The van der Waals surface area contributed by atoms with E-state index in [1.165, 1.54) is 0 Å². The second-order valence-electron chi connectivity index (χ2n) is 8.87. The fraction of sp³-hybridized carbons (Fsp3) is 0.444. The molecular weight excluding hydrogens is 446 g/mol. The fourth-order valence-electron chi connectivity index (χ4n) is 3.88. The van der Waals surface area contributed by atoms with E-state index >= 15 is 0 Å². The summed E-state index contributed by atoms with van der Waals surface area (Å²) in [4.78, 5) is 34.0. The molecular formula is C27H33N3O5. The number of aromatic nitrogens is 1. The van der Waals surface area contributed by atoms with Gasteiger partial charge in [0.1, 0.15) is 18.3 Å². The normalized spacial score (nSPS) is 18.3. The summed E-state index contributed by atoms with van der Waals surface area (Å²) in [5.74, 6) is 5.58. The topological polar surface area (TPSA) is 92.2 Å². The Morgan fingerprint density at radius 1 is 1.37 bits per heavy atom. The molecule has 1 aliphatic heterocycles. The molecule has 8 heteroatoms. The number of aliphatic hydroxyl groups is 1. The molecule has 1 aromatic heterocycles. The highest BCUT2D eigenvalue weighted by Gasteiger charge is 2.34. The Morgan fingerprint density at radius 3 is 2.80 bits per heavy atom. The molecule has 0 saturated heterocycles. The molecule has 3 atom stereocenters. The van der Waals surface area contributed by atoms with Gasteiger partial charge in [0.15, 0.2) is 0 Å². The van der Waals surface area contributed by atoms with E-state index in [9.17, 15) is 14.7 Å². The molecule has 2 aromatic rings. The van der Waals surface area contributed by atoms with Crippen LogP contribution in [0, 0.1) is 17.8 Å². The van der Waals surface area contributed by atoms with Crippen LogP contribution in [0.5, 0.6) is 5.88 Å². The average molecular weight is 480 g/mol. The summed E-state index contributed by atoms with van der Waals surface area (Å²) in [7, 11) is 3.31. The van der Waals surface area contributed by atoms with E-state index in [2.05, 4.69) is 16.8 Å². The van der Waals surface area contributed by atoms with Gasteiger partial charge in [-0.1, -0.05) is 49.1 Å². The van der Waals surface area contributed by atoms with Gasteiger partial charge in [0.05, 0.1) is 25.6 Å². The van der Waals surface area contributed by atoms with Crippen LogP contribution in [-0.2, 0) is 16.0 Å². The van der Waals surface area contributed by atoms with Gasteiger partial charge in [0.2, 0.25) is 11.8 Å². The zero-order valence-electron chi connectivity index (χ0n) is 20.7. The van der Waals surface area contributed by atoms with Crippen molar-refractivity contribution in [3.05, 3.63) is 59.3 Å². The van der Waals surface area contributed by atoms with Crippen molar-refractivity contribution in [2.75, 3.05) is 40.5 Å². The van der Waals surface area contributed by atoms with Gasteiger partial charge in [0.25, 0.3) is 5.91 Å². The average Bonchev–Trinajstić information content (AvgIpc) is 2.86. The van der Waals surface area contributed by atoms with Gasteiger partial charge in [0, 0.05) is 38.4 Å². The number of fused-ring (bicyclic) bond motifs is 1. The molecule has 0 saturated carbocycles. The van der Waals surface area contributed by atoms with Crippen molar-refractivity contribution < 1.29 is 24.2 Å². The maximum absolute atomic E-state index is 13.4. The van der Waals surface area contributed by atoms with Crippen LogP contribution in [0.4, 0.5) is 0 Å². The number of methoxy groups -OCH3 is 1. The summed E-state index contributed by atoms with van der Waals surface area (Å²) < 4.78 is 11.2. The molecule has 2 heterocycles. The second kappa shape index (κ2) is 12.3. The number of hydrogen-bond acceptors (Lipinski definition) is 6. The van der Waals surface area contributed by atoms with Gasteiger partial charge in [-0.15, -0.1) is 0 Å². The van der Waals surface area contributed by atoms with Crippen LogP contribution in [0.1, 0.15) is 35.3 Å². The lowest BCUT2D eigenvalue weighted by Crippen LogP contribution is -2.50. The van der Waals surface area contributed by atoms with Crippen molar-refractivity contribution in [3.63, 3.8) is 0 Å². The Morgan fingerprint density at radius 2 is 2.11 bits per heavy atom. The summed E-state index contributed by atoms with van der Waals surface area (Å²) in [6.45, 7) is 4.56. The van der Waals surface area contributed by atoms with E-state index < -0.39 is 12.1 Å². The predicted octanol–water partition coefficient (Wildman–Crippen LogP) is 2.00. The largest absolute Gasteiger partial charge is 0.472 e. The van der Waals surface area contributed by atoms with Gasteiger partial charge < -0.3 is 24.4 Å². The van der Waals surface area contributed by atoms with Gasteiger partial charge in [-0.05, 0) is 18.6 Å². The number of benzene rings is 1. The molecule has 3 rings (SSSR count). The molecule has 0 bridgehead atoms. The quantitative estimate of drug-likeness (QED) is 0.611. The second-order valence-corrected chi connectivity index (χ2v) is 8.87. The third kappa shape index (κ3) is 6.81. The number of amides is 2. The number of carbonyl (C=O) groups is 2. The van der Waals surface area contributed by atoms with Crippen LogP contribution in [0.25, 0.3) is 0 Å². The third-order valence-electron chi connectivity index (χ3n) is 6.05. The van der Waals surface area contributed by atoms with E-state index in [0.717, 1.165) is 5.56 Å². The maximum Gasteiger partial charge on any atom is 0.259 e. The number of hydrogen-bond donors (Lipinski definition) is 1. The minimum absolute atomic E-state index is 0.0253. The minimum atomic E-state index is -0.405. The standard InChI is InChI=1S/C27H33N3O5/c1-19-16-30(20(2)18-31)27(33)23-13-22(11-8-12-34-4)15-28-26(23)35-24(19)17-29(3)25(32)14-21-9-6-5-7-10-21/h5-7,9-10,13,15,19-20,24,31H,12,14,16-18H2,1-4H3/t19-,20+,24+/m1/s1. The Hall–Kier alpha value is -3.41. The molecule has 8 nitrogen and oxygen atoms in total. The molecule has 2 amide bonds. The van der Waals surface area contributed by atoms with Crippen molar-refractivity contribution in [2.24, 2.45) is 5.92 Å². The first kappa shape index (κ1) is 26.2. The van der Waals surface area contributed by atoms with E-state index in [-0.39, 0.29) is 42.4 Å². The molecule has 0 radical (unpaired) electrons. The van der Waals surface area contributed by atoms with E-state index in [4.69, 9.17) is 9.47 Å². The van der Waals surface area contributed by atoms with Gasteiger partial charge in [-0.2, -0.15) is 0 Å². The third-order valence-corrected chi connectivity index (χ3v) is 6.05. The van der Waals surface area contributed by atoms with E-state index in [1.807, 2.05) is 37.3 Å². The monoisotopic (exact) mass is 479 g/mol. The van der Waals surface area contributed by atoms with Crippen LogP contribution in [0.3, 0.4) is 0 Å². The number of aliphatic hydroxyl groups excluding tert-OH is 1. The Kier molecular flexibility index (Phi) is 9.24. The summed E-state index contributed by atoms with van der Waals surface area (Å²) in [6, 6.07) is 10.8. The van der Waals surface area contributed by atoms with Gasteiger partial charge >= 0.3 is 0 Å². The Bertz CT molecular complexity index is 1080. The van der Waals surface area contributed by atoms with Crippen molar-refractivity contribution in [2.45, 2.75) is 32.4 Å². The Balaban J connectivity index is 1.87. The van der Waals surface area contributed by atoms with Crippen LogP contribution >= 0.6 is 0 Å². The highest BCUT2D eigenvalue weighted by molar-refractivity contribution is 5.97. The van der Waals surface area contributed by atoms with Gasteiger partial charge in [-0.3, -0.25) is 9.59 Å². The highest BCUT2D eigenvalue weighted by atomic mass is 16.5. The van der Waals surface area contributed by atoms with Crippen LogP contribution in [0.2, 0.25) is 0 Å². The summed E-state index contributed by atoms with van der Waals surface area (Å²) in [5.41, 5.74) is 1.79. The van der Waals surface area contributed by atoms with Crippen molar-refractivity contribution in [3.8, 4) is 17.7 Å². The maximum atomic E-state index is 13.4. The van der Waals surface area contributed by atoms with Crippen molar-refractivity contribution >= 4 is 11.8 Å². The first-order valence-corrected chi connectivity index (χ1v) is 11.7. The smallest absolute Gasteiger partial charge is 0.259 e. The molecule has 0 fully saturated rings. The molecule has 1 aromatic carbocycles. The summed E-state index contributed by atoms with van der Waals surface area (Å²) >= 11 is 0. The molecule has 0 unspecified atom stereocenters. The minimum Gasteiger partial charge on any atom is -0.472 e. The Labute approximate surface area is 206 Å². The number of rotatable bonds is 7. The number of carbonyl (C=O) groups excluding carboxylic acids is 2. The zero-order chi connectivity index (χ0) is 25.4. The fourth-order valence-corrected chi connectivity index (χ4v) is 3.88. The summed E-state index contributed by atoms with van der Waals surface area (Å²) in [5, 5.41) is 9.79. The summed E-state index contributed by atoms with van der Waals surface area (Å²) in [6.07, 6.45) is 1.45. The predicted molar refractivity (Wildman–Crippen MR) is 132 cm³/mol. The SMILES string of the molecule is COCC#Cc1cnc2c(c1)C(=O)N([C@@H](C)CO)C[C@@H](C)[C@H](CN(C)C(=O)Cc1ccccc1)O2. The molecule has 1 aliphatic rings. The first-order chi connectivity index (χ1) is 16.8. The highest BCUT2D eigenvalue weighted by Crippen LogP contribution is 2.27. The molecule has 1 N–H and O–H groups in total. The molecule has 0 spiro atoms. The van der Waals surface area contributed by atoms with Crippen molar-refractivity contribution in [1.82, 2.24) is 14.8 Å². The lowest BCUT2D eigenvalue weighted by Gasteiger charge is -2.37. The first-order valence-electron chi connectivity index (χ1n) is 11.7. The molecule has 0 aliphatic carbocycles. The van der Waals surface area contributed by atoms with Crippen LogP contribution < -0.4 is 4.74 Å². The lowest BCUT2D eigenvalue weighted by atomic mass is 9.99. The number of pyridine rings is 1. The molecule has 35 heavy (non-hydrogen) atoms. The number of ether oxygens (including phenoxy) is 2.